The fourth-order valence-electron chi connectivity index (χ4n) is 1.71. The molecule has 0 fully saturated rings. The van der Waals surface area contributed by atoms with E-state index < -0.39 is 24.0 Å². The molecule has 0 aliphatic carbocycles. The summed E-state index contributed by atoms with van der Waals surface area (Å²) in [6, 6.07) is 2.89. The molecule has 0 amide bonds. The van der Waals surface area contributed by atoms with Crippen molar-refractivity contribution in [2.75, 3.05) is 0 Å². The van der Waals surface area contributed by atoms with Crippen LogP contribution in [0.2, 0.25) is 0 Å². The van der Waals surface area contributed by atoms with Crippen molar-refractivity contribution in [3.05, 3.63) is 53.9 Å². The van der Waals surface area contributed by atoms with Gasteiger partial charge in [-0.3, -0.25) is 0 Å². The highest BCUT2D eigenvalue weighted by Gasteiger charge is 2.17. The summed E-state index contributed by atoms with van der Waals surface area (Å²) < 4.78 is 60.9. The van der Waals surface area contributed by atoms with Crippen LogP contribution in [0.5, 0.6) is 5.75 Å². The molecule has 3 aromatic rings. The van der Waals surface area contributed by atoms with Crippen molar-refractivity contribution in [2.24, 2.45) is 0 Å². The minimum absolute atomic E-state index is 0.150. The third-order valence-electron chi connectivity index (χ3n) is 2.83. The third kappa shape index (κ3) is 3.47. The first kappa shape index (κ1) is 15.8. The fourth-order valence-corrected chi connectivity index (χ4v) is 1.71. The van der Waals surface area contributed by atoms with Crippen molar-refractivity contribution < 1.29 is 26.7 Å². The molecule has 3 rings (SSSR count). The van der Waals surface area contributed by atoms with Crippen LogP contribution in [0.1, 0.15) is 18.1 Å². The summed E-state index contributed by atoms with van der Waals surface area (Å²) in [6.45, 7) is -0.172. The Bertz CT molecular complexity index is 839. The van der Waals surface area contributed by atoms with Crippen LogP contribution >= 0.6 is 0 Å². The van der Waals surface area contributed by atoms with E-state index in [1.807, 2.05) is 0 Å². The lowest BCUT2D eigenvalue weighted by atomic mass is 10.3. The predicted molar refractivity (Wildman–Crippen MR) is 71.0 cm³/mol. The first-order chi connectivity index (χ1) is 11.5. The Balaban J connectivity index is 1.68. The van der Waals surface area contributed by atoms with Gasteiger partial charge in [0.05, 0.1) is 5.56 Å². The fraction of sp³-hybridized carbons (Fsp3) is 0.143. The minimum atomic E-state index is -2.87. The molecule has 0 spiro atoms. The van der Waals surface area contributed by atoms with E-state index in [0.29, 0.717) is 6.07 Å². The predicted octanol–water partition coefficient (Wildman–Crippen LogP) is 3.32. The van der Waals surface area contributed by atoms with Gasteiger partial charge < -0.3 is 9.15 Å². The smallest absolute Gasteiger partial charge is 0.314 e. The maximum absolute atomic E-state index is 13.4. The highest BCUT2D eigenvalue weighted by molar-refractivity contribution is 5.48. The quantitative estimate of drug-likeness (QED) is 0.664. The van der Waals surface area contributed by atoms with Crippen molar-refractivity contribution in [3.8, 4) is 17.2 Å². The highest BCUT2D eigenvalue weighted by atomic mass is 19.3. The maximum atomic E-state index is 13.4. The number of halogens is 4. The summed E-state index contributed by atoms with van der Waals surface area (Å²) in [4.78, 5) is 7.85. The first-order valence-corrected chi connectivity index (χ1v) is 6.53. The second-order valence-corrected chi connectivity index (χ2v) is 4.50. The number of alkyl halides is 2. The highest BCUT2D eigenvalue weighted by Crippen LogP contribution is 2.22. The Morgan fingerprint density at radius 2 is 1.83 bits per heavy atom. The van der Waals surface area contributed by atoms with Crippen LogP contribution in [0.25, 0.3) is 11.5 Å². The monoisotopic (exact) mass is 340 g/mol. The van der Waals surface area contributed by atoms with E-state index in [0.717, 1.165) is 12.1 Å². The normalized spacial score (nSPS) is 11.0. The SMILES string of the molecule is Fc1ccc(OCc2ncc(-c3nnc(C(F)F)o3)cn2)c(F)c1. The van der Waals surface area contributed by atoms with Gasteiger partial charge in [-0.25, -0.2) is 18.7 Å². The van der Waals surface area contributed by atoms with Crippen molar-refractivity contribution in [2.45, 2.75) is 13.0 Å². The molecule has 0 aliphatic heterocycles. The second-order valence-electron chi connectivity index (χ2n) is 4.50. The van der Waals surface area contributed by atoms with E-state index in [1.54, 1.807) is 0 Å². The summed E-state index contributed by atoms with van der Waals surface area (Å²) in [5.41, 5.74) is 0.242. The van der Waals surface area contributed by atoms with Gasteiger partial charge in [0.15, 0.2) is 17.4 Å². The van der Waals surface area contributed by atoms with Gasteiger partial charge in [-0.2, -0.15) is 8.78 Å². The Labute approximate surface area is 132 Å². The molecule has 0 unspecified atom stereocenters. The Kier molecular flexibility index (Phi) is 4.36. The summed E-state index contributed by atoms with van der Waals surface area (Å²) in [7, 11) is 0. The second kappa shape index (κ2) is 6.60. The van der Waals surface area contributed by atoms with Crippen LogP contribution < -0.4 is 4.74 Å². The molecule has 0 saturated heterocycles. The topological polar surface area (TPSA) is 73.9 Å². The molecular formula is C14H8F4N4O2. The minimum Gasteiger partial charge on any atom is -0.483 e. The van der Waals surface area contributed by atoms with Crippen LogP contribution in [0.4, 0.5) is 17.6 Å². The van der Waals surface area contributed by atoms with Gasteiger partial charge in [0.25, 0.3) is 11.8 Å². The van der Waals surface area contributed by atoms with Crippen molar-refractivity contribution in [1.29, 1.82) is 0 Å². The van der Waals surface area contributed by atoms with Gasteiger partial charge in [0.2, 0.25) is 0 Å². The number of aromatic nitrogens is 4. The summed E-state index contributed by atoms with van der Waals surface area (Å²) in [6.07, 6.45) is -0.323. The first-order valence-electron chi connectivity index (χ1n) is 6.53. The molecule has 0 radical (unpaired) electrons. The maximum Gasteiger partial charge on any atom is 0.314 e. The van der Waals surface area contributed by atoms with Crippen LogP contribution in [-0.2, 0) is 6.61 Å². The van der Waals surface area contributed by atoms with Gasteiger partial charge in [-0.15, -0.1) is 10.2 Å². The van der Waals surface area contributed by atoms with Gasteiger partial charge >= 0.3 is 6.43 Å². The van der Waals surface area contributed by atoms with Gasteiger partial charge in [0, 0.05) is 18.5 Å². The number of nitrogens with zero attached hydrogens (tertiary/aromatic N) is 4. The average molecular weight is 340 g/mol. The molecule has 0 bridgehead atoms. The van der Waals surface area contributed by atoms with Crippen molar-refractivity contribution >= 4 is 0 Å². The van der Waals surface area contributed by atoms with Crippen LogP contribution in [0.15, 0.2) is 35.0 Å². The van der Waals surface area contributed by atoms with E-state index in [9.17, 15) is 17.6 Å². The van der Waals surface area contributed by atoms with E-state index in [4.69, 9.17) is 9.15 Å². The lowest BCUT2D eigenvalue weighted by Crippen LogP contribution is -2.02. The molecule has 0 saturated carbocycles. The third-order valence-corrected chi connectivity index (χ3v) is 2.83. The number of benzene rings is 1. The molecule has 2 aromatic heterocycles. The Morgan fingerprint density at radius 3 is 2.46 bits per heavy atom. The molecule has 0 atom stereocenters. The Morgan fingerprint density at radius 1 is 1.08 bits per heavy atom. The number of ether oxygens (including phenoxy) is 1. The standard InChI is InChI=1S/C14H8F4N4O2/c15-8-1-2-10(9(16)3-8)23-6-11-19-4-7(5-20-11)13-21-22-14(24-13)12(17)18/h1-5,12H,6H2. The van der Waals surface area contributed by atoms with E-state index in [-0.39, 0.29) is 29.6 Å². The summed E-state index contributed by atoms with van der Waals surface area (Å²) in [5.74, 6) is -2.48. The number of rotatable bonds is 5. The largest absolute Gasteiger partial charge is 0.483 e. The van der Waals surface area contributed by atoms with Crippen molar-refractivity contribution in [3.63, 3.8) is 0 Å². The summed E-state index contributed by atoms with van der Waals surface area (Å²) >= 11 is 0. The molecule has 124 valence electrons. The lowest BCUT2D eigenvalue weighted by molar-refractivity contribution is 0.116. The van der Waals surface area contributed by atoms with Gasteiger partial charge in [-0.1, -0.05) is 0 Å². The van der Waals surface area contributed by atoms with E-state index in [1.165, 1.54) is 12.4 Å². The van der Waals surface area contributed by atoms with Crippen molar-refractivity contribution in [1.82, 2.24) is 20.2 Å². The van der Waals surface area contributed by atoms with Gasteiger partial charge in [-0.05, 0) is 12.1 Å². The van der Waals surface area contributed by atoms with E-state index in [2.05, 4.69) is 20.2 Å². The molecule has 1 aromatic carbocycles. The summed E-state index contributed by atoms with van der Waals surface area (Å²) in [5, 5.41) is 6.65. The van der Waals surface area contributed by atoms with E-state index >= 15 is 0 Å². The van der Waals surface area contributed by atoms with Crippen LogP contribution in [-0.4, -0.2) is 20.2 Å². The molecule has 24 heavy (non-hydrogen) atoms. The zero-order valence-electron chi connectivity index (χ0n) is 11.8. The molecular weight excluding hydrogens is 332 g/mol. The average Bonchev–Trinajstić information content (AvgIpc) is 3.05. The Hall–Kier alpha value is -3.04. The molecule has 0 N–H and O–H groups in total. The zero-order chi connectivity index (χ0) is 17.1. The lowest BCUT2D eigenvalue weighted by Gasteiger charge is -2.06. The van der Waals surface area contributed by atoms with Crippen LogP contribution in [0, 0.1) is 11.6 Å². The molecule has 10 heteroatoms. The molecule has 2 heterocycles. The van der Waals surface area contributed by atoms with Gasteiger partial charge in [0.1, 0.15) is 12.4 Å². The van der Waals surface area contributed by atoms with Crippen LogP contribution in [0.3, 0.4) is 0 Å². The molecule has 0 aliphatic rings. The number of hydrogen-bond donors (Lipinski definition) is 0. The zero-order valence-corrected chi connectivity index (χ0v) is 11.8. The molecule has 6 nitrogen and oxygen atoms in total. The number of hydrogen-bond acceptors (Lipinski definition) is 6.